The van der Waals surface area contributed by atoms with Crippen LogP contribution < -0.4 is 0 Å². The zero-order valence-electron chi connectivity index (χ0n) is 14.3. The predicted octanol–water partition coefficient (Wildman–Crippen LogP) is 2.21. The van der Waals surface area contributed by atoms with E-state index in [1.54, 1.807) is 29.5 Å². The topological polar surface area (TPSA) is 80.8 Å². The Morgan fingerprint density at radius 1 is 1.23 bits per heavy atom. The molecule has 3 rings (SSSR count). The Morgan fingerprint density at radius 2 is 1.96 bits per heavy atom. The van der Waals surface area contributed by atoms with Gasteiger partial charge in [0, 0.05) is 17.8 Å². The lowest BCUT2D eigenvalue weighted by atomic mass is 9.99. The molecule has 1 aromatic heterocycles. The van der Waals surface area contributed by atoms with Crippen LogP contribution in [0.2, 0.25) is 0 Å². The molecule has 0 bridgehead atoms. The summed E-state index contributed by atoms with van der Waals surface area (Å²) < 4.78 is 29.6. The van der Waals surface area contributed by atoms with Crippen LogP contribution in [0.15, 0.2) is 46.7 Å². The number of hydrogen-bond acceptors (Lipinski definition) is 6. The largest absolute Gasteiger partial charge is 0.467 e. The van der Waals surface area contributed by atoms with Gasteiger partial charge in [0.1, 0.15) is 0 Å². The first-order valence-corrected chi connectivity index (χ1v) is 10.7. The number of benzene rings is 1. The van der Waals surface area contributed by atoms with Gasteiger partial charge in [0.15, 0.2) is 15.9 Å². The van der Waals surface area contributed by atoms with E-state index in [0.717, 1.165) is 10.4 Å². The lowest BCUT2D eigenvalue weighted by Gasteiger charge is -2.34. The number of amides is 1. The van der Waals surface area contributed by atoms with Gasteiger partial charge in [0.25, 0.3) is 0 Å². The highest BCUT2D eigenvalue weighted by Crippen LogP contribution is 2.34. The van der Waals surface area contributed by atoms with Gasteiger partial charge < -0.3 is 9.64 Å². The van der Waals surface area contributed by atoms with E-state index in [9.17, 15) is 18.0 Å². The van der Waals surface area contributed by atoms with Crippen molar-refractivity contribution in [2.45, 2.75) is 23.8 Å². The predicted molar refractivity (Wildman–Crippen MR) is 97.6 cm³/mol. The highest BCUT2D eigenvalue weighted by Gasteiger charge is 2.37. The Bertz CT molecular complexity index is 905. The maximum absolute atomic E-state index is 12.7. The fourth-order valence-corrected chi connectivity index (χ4v) is 5.22. The average molecular weight is 393 g/mol. The Morgan fingerprint density at radius 3 is 2.65 bits per heavy atom. The number of fused-ring (bicyclic) bond motifs is 1. The van der Waals surface area contributed by atoms with Gasteiger partial charge in [-0.3, -0.25) is 4.79 Å². The molecule has 0 saturated carbocycles. The third-order valence-corrected chi connectivity index (χ3v) is 7.13. The fourth-order valence-electron chi connectivity index (χ4n) is 3.06. The minimum atomic E-state index is -3.55. The summed E-state index contributed by atoms with van der Waals surface area (Å²) >= 11 is 1.54. The monoisotopic (exact) mass is 393 g/mol. The number of methoxy groups -OCH3 is 1. The van der Waals surface area contributed by atoms with Crippen molar-refractivity contribution in [2.24, 2.45) is 0 Å². The van der Waals surface area contributed by atoms with Crippen LogP contribution in [0.3, 0.4) is 0 Å². The van der Waals surface area contributed by atoms with Crippen molar-refractivity contribution in [3.8, 4) is 0 Å². The summed E-state index contributed by atoms with van der Waals surface area (Å²) in [6.45, 7) is 0.373. The van der Waals surface area contributed by atoms with Gasteiger partial charge in [-0.25, -0.2) is 13.2 Å². The summed E-state index contributed by atoms with van der Waals surface area (Å²) in [5.74, 6) is -1.17. The van der Waals surface area contributed by atoms with E-state index >= 15 is 0 Å². The van der Waals surface area contributed by atoms with E-state index in [-0.39, 0.29) is 23.0 Å². The van der Waals surface area contributed by atoms with Crippen LogP contribution >= 0.6 is 11.3 Å². The van der Waals surface area contributed by atoms with Gasteiger partial charge in [-0.1, -0.05) is 18.2 Å². The average Bonchev–Trinajstić information content (AvgIpc) is 3.14. The van der Waals surface area contributed by atoms with Crippen molar-refractivity contribution in [3.05, 3.63) is 52.2 Å². The lowest BCUT2D eigenvalue weighted by molar-refractivity contribution is -0.153. The molecule has 0 fully saturated rings. The molecule has 1 aliphatic heterocycles. The highest BCUT2D eigenvalue weighted by atomic mass is 32.2. The van der Waals surface area contributed by atoms with Crippen LogP contribution in [0.5, 0.6) is 0 Å². The SMILES string of the molecule is COC(=O)C1c2ccsc2CCN1C(=O)CCS(=O)(=O)c1ccccc1. The lowest BCUT2D eigenvalue weighted by Crippen LogP contribution is -2.43. The number of carbonyl (C=O) groups is 2. The van der Waals surface area contributed by atoms with Crippen molar-refractivity contribution in [2.75, 3.05) is 19.4 Å². The van der Waals surface area contributed by atoms with Crippen molar-refractivity contribution < 1.29 is 22.7 Å². The van der Waals surface area contributed by atoms with Gasteiger partial charge in [-0.15, -0.1) is 11.3 Å². The molecule has 26 heavy (non-hydrogen) atoms. The van der Waals surface area contributed by atoms with Crippen LogP contribution in [0.4, 0.5) is 0 Å². The van der Waals surface area contributed by atoms with Crippen LogP contribution in [-0.2, 0) is 30.6 Å². The zero-order valence-corrected chi connectivity index (χ0v) is 15.9. The standard InChI is InChI=1S/C18H19NO5S2/c1-24-18(21)17-14-8-11-25-15(14)7-10-19(17)16(20)9-12-26(22,23)13-5-3-2-4-6-13/h2-6,8,11,17H,7,9-10,12H2,1H3. The smallest absolute Gasteiger partial charge is 0.333 e. The molecule has 6 nitrogen and oxygen atoms in total. The minimum absolute atomic E-state index is 0.176. The van der Waals surface area contributed by atoms with Gasteiger partial charge in [0.2, 0.25) is 5.91 Å². The number of sulfone groups is 1. The molecule has 2 aromatic rings. The van der Waals surface area contributed by atoms with Crippen LogP contribution in [-0.4, -0.2) is 44.6 Å². The normalized spacial score (nSPS) is 16.8. The molecule has 0 spiro atoms. The molecule has 1 aromatic carbocycles. The number of hydrogen-bond donors (Lipinski definition) is 0. The van der Waals surface area contributed by atoms with E-state index < -0.39 is 21.8 Å². The first kappa shape index (κ1) is 18.6. The fraction of sp³-hybridized carbons (Fsp3) is 0.333. The van der Waals surface area contributed by atoms with Gasteiger partial charge in [-0.2, -0.15) is 0 Å². The van der Waals surface area contributed by atoms with E-state index in [2.05, 4.69) is 0 Å². The molecule has 0 radical (unpaired) electrons. The Labute approximate surface area is 156 Å². The first-order chi connectivity index (χ1) is 12.4. The molecule has 0 aliphatic carbocycles. The summed E-state index contributed by atoms with van der Waals surface area (Å²) in [6, 6.07) is 9.06. The summed E-state index contributed by atoms with van der Waals surface area (Å²) in [6.07, 6.45) is 0.474. The molecule has 1 unspecified atom stereocenters. The van der Waals surface area contributed by atoms with E-state index in [0.29, 0.717) is 13.0 Å². The quantitative estimate of drug-likeness (QED) is 0.728. The third-order valence-electron chi connectivity index (χ3n) is 4.40. The number of nitrogens with zero attached hydrogens (tertiary/aromatic N) is 1. The van der Waals surface area contributed by atoms with Crippen molar-refractivity contribution in [1.82, 2.24) is 4.90 Å². The third kappa shape index (κ3) is 3.66. The van der Waals surface area contributed by atoms with Crippen LogP contribution in [0, 0.1) is 0 Å². The molecule has 2 heterocycles. The number of carbonyl (C=O) groups excluding carboxylic acids is 2. The minimum Gasteiger partial charge on any atom is -0.467 e. The molecule has 1 aliphatic rings. The Hall–Kier alpha value is -2.19. The molecule has 1 amide bonds. The zero-order chi connectivity index (χ0) is 18.7. The van der Waals surface area contributed by atoms with Crippen molar-refractivity contribution in [1.29, 1.82) is 0 Å². The number of rotatable bonds is 5. The van der Waals surface area contributed by atoms with Gasteiger partial charge >= 0.3 is 5.97 Å². The first-order valence-electron chi connectivity index (χ1n) is 8.15. The second-order valence-corrected chi connectivity index (χ2v) is 9.05. The van der Waals surface area contributed by atoms with Crippen molar-refractivity contribution >= 4 is 33.1 Å². The molecule has 0 saturated heterocycles. The van der Waals surface area contributed by atoms with E-state index in [1.807, 2.05) is 11.4 Å². The number of thiophene rings is 1. The molecule has 1 atom stereocenters. The Balaban J connectivity index is 1.76. The summed E-state index contributed by atoms with van der Waals surface area (Å²) in [7, 11) is -2.27. The summed E-state index contributed by atoms with van der Waals surface area (Å²) in [5.41, 5.74) is 0.771. The molecule has 0 N–H and O–H groups in total. The molecular formula is C18H19NO5S2. The molecule has 138 valence electrons. The van der Waals surface area contributed by atoms with Crippen LogP contribution in [0.1, 0.15) is 22.9 Å². The van der Waals surface area contributed by atoms with Crippen LogP contribution in [0.25, 0.3) is 0 Å². The number of ether oxygens (including phenoxy) is 1. The maximum atomic E-state index is 12.7. The number of esters is 1. The van der Waals surface area contributed by atoms with Gasteiger partial charge in [0.05, 0.1) is 17.8 Å². The van der Waals surface area contributed by atoms with Gasteiger partial charge in [-0.05, 0) is 35.6 Å². The highest BCUT2D eigenvalue weighted by molar-refractivity contribution is 7.91. The second kappa shape index (κ2) is 7.59. The molecular weight excluding hydrogens is 374 g/mol. The van der Waals surface area contributed by atoms with E-state index in [1.165, 1.54) is 24.1 Å². The second-order valence-electron chi connectivity index (χ2n) is 5.94. The Kier molecular flexibility index (Phi) is 5.43. The van der Waals surface area contributed by atoms with Crippen molar-refractivity contribution in [3.63, 3.8) is 0 Å². The summed E-state index contributed by atoms with van der Waals surface area (Å²) in [4.78, 5) is 27.6. The van der Waals surface area contributed by atoms with E-state index in [4.69, 9.17) is 4.74 Å². The maximum Gasteiger partial charge on any atom is 0.333 e. The molecule has 8 heteroatoms. The summed E-state index contributed by atoms with van der Waals surface area (Å²) in [5, 5.41) is 1.88.